The first-order chi connectivity index (χ1) is 18.5. The van der Waals surface area contributed by atoms with Gasteiger partial charge in [0.15, 0.2) is 45.6 Å². The summed E-state index contributed by atoms with van der Waals surface area (Å²) in [5.74, 6) is 0. The van der Waals surface area contributed by atoms with Crippen LogP contribution in [0, 0.1) is 0 Å². The lowest BCUT2D eigenvalue weighted by Gasteiger charge is -2.27. The zero-order valence-corrected chi connectivity index (χ0v) is 24.0. The van der Waals surface area contributed by atoms with Crippen molar-refractivity contribution >= 4 is 31.7 Å². The van der Waals surface area contributed by atoms with Gasteiger partial charge in [-0.15, -0.1) is 0 Å². The summed E-state index contributed by atoms with van der Waals surface area (Å²) in [5, 5.41) is 2.95. The third-order valence-electron chi connectivity index (χ3n) is 5.18. The van der Waals surface area contributed by atoms with Crippen molar-refractivity contribution in [2.24, 2.45) is 0 Å². The first-order valence-electron chi connectivity index (χ1n) is 11.6. The minimum absolute atomic E-state index is 0.325. The molecule has 0 atom stereocenters. The second kappa shape index (κ2) is 13.7. The van der Waals surface area contributed by atoms with Gasteiger partial charge in [-0.05, 0) is 50.5 Å². The van der Waals surface area contributed by atoms with E-state index in [1.165, 1.54) is 5.56 Å². The van der Waals surface area contributed by atoms with Crippen molar-refractivity contribution in [2.45, 2.75) is 57.2 Å². The Morgan fingerprint density at radius 2 is 1.56 bits per heavy atom. The number of benzene rings is 1. The fourth-order valence-electron chi connectivity index (χ4n) is 2.92. The Balaban J connectivity index is 0.000000479. The minimum atomic E-state index is -6.72. The van der Waals surface area contributed by atoms with Crippen LogP contribution in [0.25, 0.3) is 9.70 Å². The quantitative estimate of drug-likeness (QED) is 0.296. The van der Waals surface area contributed by atoms with E-state index in [-0.39, 0.29) is 0 Å². The number of alkyl carbamates (subject to hydrolysis) is 1. The van der Waals surface area contributed by atoms with Crippen LogP contribution in [0.2, 0.25) is 0 Å². The first kappa shape index (κ1) is 35.8. The number of amides is 1. The van der Waals surface area contributed by atoms with Crippen LogP contribution in [0.15, 0.2) is 55.4 Å². The van der Waals surface area contributed by atoms with Crippen LogP contribution >= 0.6 is 0 Å². The number of hydrogen-bond acceptors (Lipinski definition) is 6. The molecule has 0 saturated heterocycles. The van der Waals surface area contributed by atoms with Crippen molar-refractivity contribution in [2.75, 3.05) is 6.61 Å². The van der Waals surface area contributed by atoms with E-state index in [4.69, 9.17) is 4.74 Å². The zero-order valence-electron chi connectivity index (χ0n) is 22.4. The number of nitrogens with zero attached hydrogens (tertiary/aromatic N) is 2. The number of hydrogen-bond donors (Lipinski definition) is 1. The molecule has 41 heavy (non-hydrogen) atoms. The predicted octanol–water partition coefficient (Wildman–Crippen LogP) is 5.29. The fraction of sp³-hybridized carbons (Fsp3) is 0.417. The summed E-state index contributed by atoms with van der Waals surface area (Å²) in [7, 11) is -13.4. The summed E-state index contributed by atoms with van der Waals surface area (Å²) in [5.41, 5.74) is -8.60. The van der Waals surface area contributed by atoms with Crippen molar-refractivity contribution < 1.29 is 57.3 Å². The molecular formula is C24H29F6N3O6S2. The monoisotopic (exact) mass is 633 g/mol. The number of allylic oxidation sites excluding steroid dienone is 1. The standard InChI is InChI=1S/C22H28N2O2.C2F6NO4S2/c1-6-18-9-8-12-24(16-18)13-14-26-21(25)23-22(4,5)20-11-7-10-19(15-20)17(2)3;3-1(4,5)14(10,11)9-15(12,13)2(6,7)8/h7-12,15-16H,2,6,13-14H2,1,3-5H3;/q;-1/p+1. The summed E-state index contributed by atoms with van der Waals surface area (Å²) in [4.78, 5) is 12.2. The minimum Gasteiger partial charge on any atom is -0.443 e. The van der Waals surface area contributed by atoms with Crippen LogP contribution in [0.3, 0.4) is 0 Å². The topological polar surface area (TPSA) is 125 Å². The van der Waals surface area contributed by atoms with Crippen molar-refractivity contribution in [1.82, 2.24) is 5.32 Å². The van der Waals surface area contributed by atoms with Gasteiger partial charge in [0.05, 0.1) is 5.54 Å². The van der Waals surface area contributed by atoms with E-state index in [2.05, 4.69) is 37.1 Å². The largest absolute Gasteiger partial charge is 0.480 e. The fourth-order valence-corrected chi connectivity index (χ4v) is 4.63. The van der Waals surface area contributed by atoms with Crippen LogP contribution < -0.4 is 9.88 Å². The summed E-state index contributed by atoms with van der Waals surface area (Å²) >= 11 is 0. The molecular weight excluding hydrogens is 604 g/mol. The van der Waals surface area contributed by atoms with Gasteiger partial charge >= 0.3 is 17.1 Å². The Bertz CT molecular complexity index is 1400. The maximum absolute atomic E-state index is 12.2. The van der Waals surface area contributed by atoms with Crippen LogP contribution in [-0.4, -0.2) is 40.6 Å². The summed E-state index contributed by atoms with van der Waals surface area (Å²) in [6.07, 6.45) is 4.63. The van der Waals surface area contributed by atoms with E-state index in [1.807, 2.05) is 55.8 Å². The number of rotatable bonds is 9. The number of carbonyl (C=O) groups excluding carboxylic acids is 1. The van der Waals surface area contributed by atoms with Crippen molar-refractivity contribution in [3.05, 3.63) is 76.2 Å². The van der Waals surface area contributed by atoms with Gasteiger partial charge in [0.25, 0.3) is 0 Å². The molecule has 2 aromatic rings. The second-order valence-corrected chi connectivity index (χ2v) is 12.4. The highest BCUT2D eigenvalue weighted by atomic mass is 32.3. The summed E-state index contributed by atoms with van der Waals surface area (Å²) in [6.45, 7) is 13.0. The molecule has 0 spiro atoms. The molecule has 1 heterocycles. The number of aryl methyl sites for hydroxylation is 1. The highest BCUT2D eigenvalue weighted by Gasteiger charge is 2.47. The number of alkyl halides is 6. The number of nitrogens with one attached hydrogen (secondary N) is 1. The highest BCUT2D eigenvalue weighted by molar-refractivity contribution is 8.13. The van der Waals surface area contributed by atoms with Gasteiger partial charge in [0.1, 0.15) is 0 Å². The van der Waals surface area contributed by atoms with Gasteiger partial charge in [0.2, 0.25) is 0 Å². The summed E-state index contributed by atoms with van der Waals surface area (Å²) in [6, 6.07) is 12.1. The molecule has 1 aromatic heterocycles. The van der Waals surface area contributed by atoms with E-state index in [9.17, 15) is 48.0 Å². The molecule has 0 aliphatic rings. The molecule has 1 aromatic carbocycles. The molecule has 0 unspecified atom stereocenters. The van der Waals surface area contributed by atoms with Gasteiger partial charge in [-0.1, -0.05) is 37.3 Å². The lowest BCUT2D eigenvalue weighted by Crippen LogP contribution is -2.43. The third kappa shape index (κ3) is 11.0. The Morgan fingerprint density at radius 3 is 2.05 bits per heavy atom. The molecule has 0 bridgehead atoms. The molecule has 0 fully saturated rings. The molecule has 0 saturated carbocycles. The lowest BCUT2D eigenvalue weighted by atomic mass is 9.92. The Hall–Kier alpha value is -3.18. The maximum atomic E-state index is 12.2. The SMILES string of the molecule is C=C(C)c1cccc(C(C)(C)NC(=O)OCC[n+]2cccc(CC)c2)c1.O=S(=O)([N-]S(=O)(=O)C(F)(F)F)C(F)(F)F. The van der Waals surface area contributed by atoms with E-state index in [1.54, 1.807) is 0 Å². The highest BCUT2D eigenvalue weighted by Crippen LogP contribution is 2.36. The second-order valence-electron chi connectivity index (χ2n) is 8.97. The van der Waals surface area contributed by atoms with Gasteiger partial charge in [-0.3, -0.25) is 0 Å². The maximum Gasteiger partial charge on any atom is 0.480 e. The molecule has 230 valence electrons. The number of halogens is 6. The van der Waals surface area contributed by atoms with Crippen molar-refractivity contribution in [1.29, 1.82) is 0 Å². The van der Waals surface area contributed by atoms with E-state index >= 15 is 0 Å². The molecule has 1 amide bonds. The number of pyridine rings is 1. The average molecular weight is 634 g/mol. The Kier molecular flexibility index (Phi) is 11.9. The van der Waals surface area contributed by atoms with Crippen LogP contribution in [0.4, 0.5) is 31.1 Å². The molecule has 0 aliphatic carbocycles. The number of ether oxygens (including phenoxy) is 1. The van der Waals surface area contributed by atoms with Crippen molar-refractivity contribution in [3.8, 4) is 0 Å². The average Bonchev–Trinajstić information content (AvgIpc) is 2.82. The molecule has 0 radical (unpaired) electrons. The lowest BCUT2D eigenvalue weighted by molar-refractivity contribution is -0.698. The van der Waals surface area contributed by atoms with Crippen LogP contribution in [0.1, 0.15) is 44.4 Å². The third-order valence-corrected chi connectivity index (χ3v) is 7.92. The molecule has 0 aliphatic heterocycles. The smallest absolute Gasteiger partial charge is 0.443 e. The summed E-state index contributed by atoms with van der Waals surface area (Å²) < 4.78 is 117. The van der Waals surface area contributed by atoms with Crippen LogP contribution in [0.5, 0.6) is 0 Å². The molecule has 1 N–H and O–H groups in total. The number of sulfonamides is 2. The van der Waals surface area contributed by atoms with Gasteiger partial charge < -0.3 is 14.2 Å². The molecule has 2 rings (SSSR count). The number of carbonyl (C=O) groups is 1. The van der Waals surface area contributed by atoms with Gasteiger partial charge in [-0.25, -0.2) is 26.2 Å². The van der Waals surface area contributed by atoms with Gasteiger partial charge in [0, 0.05) is 11.6 Å². The van der Waals surface area contributed by atoms with Crippen LogP contribution in [-0.2, 0) is 43.3 Å². The van der Waals surface area contributed by atoms with E-state index in [0.29, 0.717) is 13.2 Å². The molecule has 17 heteroatoms. The van der Waals surface area contributed by atoms with Gasteiger partial charge in [-0.2, -0.15) is 26.3 Å². The van der Waals surface area contributed by atoms with Crippen molar-refractivity contribution in [3.63, 3.8) is 0 Å². The normalized spacial score (nSPS) is 12.6. The molecule has 9 nitrogen and oxygen atoms in total. The zero-order chi connectivity index (χ0) is 31.9. The number of aromatic nitrogens is 1. The predicted molar refractivity (Wildman–Crippen MR) is 138 cm³/mol. The Labute approximate surface area is 234 Å². The first-order valence-corrected chi connectivity index (χ1v) is 14.5. The van der Waals surface area contributed by atoms with E-state index in [0.717, 1.165) is 27.2 Å². The van der Waals surface area contributed by atoms with E-state index < -0.39 is 42.7 Å². The Morgan fingerprint density at radius 1 is 1.00 bits per heavy atom.